The maximum Gasteiger partial charge on any atom is 0.347 e. The van der Waals surface area contributed by atoms with Crippen molar-refractivity contribution in [1.29, 1.82) is 5.41 Å². The number of nitrogens with one attached hydrogen (secondary N) is 1. The molecule has 3 aromatic carbocycles. The molecule has 39 heavy (non-hydrogen) atoms. The molecule has 0 saturated carbocycles. The molecule has 1 N–H and O–H groups in total. The Labute approximate surface area is 242 Å². The van der Waals surface area contributed by atoms with Crippen molar-refractivity contribution in [1.82, 2.24) is 4.90 Å². The molecule has 4 rings (SSSR count). The van der Waals surface area contributed by atoms with Crippen LogP contribution in [0.2, 0.25) is 0 Å². The molecule has 5 nitrogen and oxygen atoms in total. The summed E-state index contributed by atoms with van der Waals surface area (Å²) in [6.45, 7) is 6.21. The van der Waals surface area contributed by atoms with Gasteiger partial charge in [0.1, 0.15) is 21.1 Å². The minimum atomic E-state index is -0.796. The lowest BCUT2D eigenvalue weighted by Crippen LogP contribution is -2.33. The van der Waals surface area contributed by atoms with Gasteiger partial charge in [-0.3, -0.25) is 9.89 Å². The van der Waals surface area contributed by atoms with Gasteiger partial charge in [0.05, 0.1) is 5.56 Å². The second-order valence-corrected chi connectivity index (χ2v) is 11.0. The van der Waals surface area contributed by atoms with Crippen LogP contribution in [0.4, 0.5) is 0 Å². The van der Waals surface area contributed by atoms with E-state index in [4.69, 9.17) is 13.5 Å². The van der Waals surface area contributed by atoms with Crippen LogP contribution < -0.4 is 0 Å². The van der Waals surface area contributed by atoms with Gasteiger partial charge >= 0.3 is 5.97 Å². The van der Waals surface area contributed by atoms with Gasteiger partial charge in [0, 0.05) is 54.7 Å². The fraction of sp³-hybridized carbons (Fsp3) is 0.273. The SMILES string of the molecule is C=IOC(=O)c1cccc(CN2CCC(N=C(C)CCC(c3ccccc3)c3ccccc3)=C(C(C)=N)C2)c1. The molecule has 3 aromatic rings. The molecule has 0 spiro atoms. The normalized spacial score (nSPS) is 14.5. The third kappa shape index (κ3) is 8.13. The highest BCUT2D eigenvalue weighted by Crippen LogP contribution is 2.30. The smallest absolute Gasteiger partial charge is 0.347 e. The highest BCUT2D eigenvalue weighted by molar-refractivity contribution is 14.2. The summed E-state index contributed by atoms with van der Waals surface area (Å²) in [6, 6.07) is 29.0. The first-order chi connectivity index (χ1) is 18.9. The van der Waals surface area contributed by atoms with Crippen LogP contribution in [0.5, 0.6) is 0 Å². The molecular weight excluding hydrogens is 597 g/mol. The second kappa shape index (κ2) is 14.2. The van der Waals surface area contributed by atoms with E-state index in [0.717, 1.165) is 48.4 Å². The standard InChI is InChI=1S/C33H36IN3O2/c1-24(17-18-30(27-12-6-4-7-13-27)28-14-8-5-9-15-28)36-32-19-20-37(23-31(32)25(2)35)22-26-11-10-16-29(21-26)33(38)39-34-3/h4-16,21,30,35H,3,17-20,22-23H2,1-2H3. The van der Waals surface area contributed by atoms with E-state index < -0.39 is 21.1 Å². The van der Waals surface area contributed by atoms with Gasteiger partial charge in [-0.1, -0.05) is 72.8 Å². The Kier molecular flexibility index (Phi) is 10.5. The van der Waals surface area contributed by atoms with Crippen LogP contribution in [0.1, 0.15) is 66.1 Å². The van der Waals surface area contributed by atoms with Crippen LogP contribution in [0.3, 0.4) is 0 Å². The Morgan fingerprint density at radius 2 is 1.69 bits per heavy atom. The molecule has 0 amide bonds. The van der Waals surface area contributed by atoms with Gasteiger partial charge in [0.15, 0.2) is 0 Å². The number of carbonyl (C=O) groups excluding carboxylic acids is 1. The molecule has 0 saturated heterocycles. The first-order valence-corrected chi connectivity index (χ1v) is 15.7. The van der Waals surface area contributed by atoms with E-state index in [1.165, 1.54) is 11.1 Å². The van der Waals surface area contributed by atoms with E-state index in [2.05, 4.69) is 77.0 Å². The van der Waals surface area contributed by atoms with Crippen molar-refractivity contribution in [2.45, 2.75) is 45.6 Å². The van der Waals surface area contributed by atoms with Gasteiger partial charge < -0.3 is 8.48 Å². The number of benzene rings is 3. The van der Waals surface area contributed by atoms with Crippen molar-refractivity contribution in [3.8, 4) is 0 Å². The van der Waals surface area contributed by atoms with E-state index in [9.17, 15) is 4.79 Å². The van der Waals surface area contributed by atoms with E-state index in [1.54, 1.807) is 6.07 Å². The molecule has 202 valence electrons. The number of aliphatic imine (C=N–C) groups is 1. The van der Waals surface area contributed by atoms with Crippen LogP contribution in [0, 0.1) is 5.41 Å². The first kappa shape index (κ1) is 28.8. The first-order valence-electron chi connectivity index (χ1n) is 13.3. The number of hydrogen-bond acceptors (Lipinski definition) is 5. The van der Waals surface area contributed by atoms with Crippen molar-refractivity contribution in [2.75, 3.05) is 13.1 Å². The van der Waals surface area contributed by atoms with Crippen LogP contribution in [0.15, 0.2) is 101 Å². The lowest BCUT2D eigenvalue weighted by Gasteiger charge is -2.29. The zero-order valence-corrected chi connectivity index (χ0v) is 24.9. The van der Waals surface area contributed by atoms with Crippen molar-refractivity contribution in [3.05, 3.63) is 118 Å². The fourth-order valence-corrected chi connectivity index (χ4v) is 5.62. The highest BCUT2D eigenvalue weighted by atomic mass is 127. The molecule has 0 aromatic heterocycles. The predicted molar refractivity (Wildman–Crippen MR) is 170 cm³/mol. The monoisotopic (exact) mass is 633 g/mol. The molecule has 1 aliphatic heterocycles. The molecule has 0 atom stereocenters. The molecule has 0 unspecified atom stereocenters. The summed E-state index contributed by atoms with van der Waals surface area (Å²) < 4.78 is 8.84. The minimum Gasteiger partial charge on any atom is -0.400 e. The Bertz CT molecular complexity index is 1330. The topological polar surface area (TPSA) is 65.8 Å². The molecule has 0 radical (unpaired) electrons. The maximum absolute atomic E-state index is 12.1. The molecule has 0 fully saturated rings. The van der Waals surface area contributed by atoms with Crippen molar-refractivity contribution < 1.29 is 7.86 Å². The lowest BCUT2D eigenvalue weighted by molar-refractivity contribution is 0.0800. The number of halogens is 1. The summed E-state index contributed by atoms with van der Waals surface area (Å²) in [5.41, 5.74) is 7.98. The summed E-state index contributed by atoms with van der Waals surface area (Å²) in [5.74, 6) is 0.0175. The Morgan fingerprint density at radius 1 is 1.03 bits per heavy atom. The van der Waals surface area contributed by atoms with E-state index in [1.807, 2.05) is 25.1 Å². The Balaban J connectivity index is 1.46. The third-order valence-electron chi connectivity index (χ3n) is 7.07. The Morgan fingerprint density at radius 3 is 2.31 bits per heavy atom. The van der Waals surface area contributed by atoms with Gasteiger partial charge in [-0.2, -0.15) is 0 Å². The number of rotatable bonds is 11. The Hall–Kier alpha value is -3.23. The average molecular weight is 634 g/mol. The molecule has 0 aliphatic carbocycles. The quantitative estimate of drug-likeness (QED) is 0.174. The average Bonchev–Trinajstić information content (AvgIpc) is 2.95. The molecular formula is C33H36IN3O2. The van der Waals surface area contributed by atoms with Crippen molar-refractivity contribution in [3.63, 3.8) is 0 Å². The predicted octanol–water partition coefficient (Wildman–Crippen LogP) is 7.73. The van der Waals surface area contributed by atoms with Gasteiger partial charge in [0.2, 0.25) is 0 Å². The third-order valence-corrected chi connectivity index (χ3v) is 7.78. The van der Waals surface area contributed by atoms with Crippen LogP contribution >= 0.6 is 21.1 Å². The number of carbonyl (C=O) groups is 1. The molecule has 6 heteroatoms. The van der Waals surface area contributed by atoms with Gasteiger partial charge in [0.25, 0.3) is 0 Å². The number of nitrogens with zero attached hydrogens (tertiary/aromatic N) is 2. The second-order valence-electron chi connectivity index (χ2n) is 9.94. The van der Waals surface area contributed by atoms with Gasteiger partial charge in [-0.05, 0) is 60.0 Å². The maximum atomic E-state index is 12.1. The molecule has 1 heterocycles. The summed E-state index contributed by atoms with van der Waals surface area (Å²) in [5, 5.41) is 8.45. The van der Waals surface area contributed by atoms with Gasteiger partial charge in [-0.15, -0.1) is 0 Å². The molecule has 1 aliphatic rings. The zero-order valence-electron chi connectivity index (χ0n) is 22.7. The lowest BCUT2D eigenvalue weighted by atomic mass is 9.87. The fourth-order valence-electron chi connectivity index (χ4n) is 5.09. The van der Waals surface area contributed by atoms with E-state index >= 15 is 0 Å². The van der Waals surface area contributed by atoms with Crippen LogP contribution in [-0.2, 0) is 9.61 Å². The van der Waals surface area contributed by atoms with Crippen LogP contribution in [-0.4, -0.2) is 39.9 Å². The van der Waals surface area contributed by atoms with E-state index in [-0.39, 0.29) is 5.97 Å². The molecule has 0 bridgehead atoms. The largest absolute Gasteiger partial charge is 0.400 e. The van der Waals surface area contributed by atoms with Gasteiger partial charge in [-0.25, -0.2) is 4.79 Å². The highest BCUT2D eigenvalue weighted by Gasteiger charge is 2.21. The van der Waals surface area contributed by atoms with Crippen molar-refractivity contribution >= 4 is 43.1 Å². The van der Waals surface area contributed by atoms with E-state index in [0.29, 0.717) is 30.3 Å². The van der Waals surface area contributed by atoms with Crippen molar-refractivity contribution in [2.24, 2.45) is 4.99 Å². The zero-order chi connectivity index (χ0) is 27.6. The van der Waals surface area contributed by atoms with Crippen LogP contribution in [0.25, 0.3) is 0 Å². The summed E-state index contributed by atoms with van der Waals surface area (Å²) in [7, 11) is 0. The minimum absolute atomic E-state index is 0.303. The number of hydrogen-bond donors (Lipinski definition) is 1. The summed E-state index contributed by atoms with van der Waals surface area (Å²) >= 11 is -0.796. The summed E-state index contributed by atoms with van der Waals surface area (Å²) in [6.07, 6.45) is 2.68. The summed E-state index contributed by atoms with van der Waals surface area (Å²) in [4.78, 5) is 19.5.